The quantitative estimate of drug-likeness (QED) is 0.651. The van der Waals surface area contributed by atoms with Gasteiger partial charge in [-0.2, -0.15) is 0 Å². The summed E-state index contributed by atoms with van der Waals surface area (Å²) in [4.78, 5) is 16.7. The van der Waals surface area contributed by atoms with Crippen LogP contribution in [0.3, 0.4) is 0 Å². The highest BCUT2D eigenvalue weighted by Crippen LogP contribution is 2.18. The van der Waals surface area contributed by atoms with E-state index in [1.807, 2.05) is 0 Å². The minimum Gasteiger partial charge on any atom is -0.370 e. The molecule has 1 fully saturated rings. The van der Waals surface area contributed by atoms with Gasteiger partial charge in [-0.15, -0.1) is 0 Å². The number of hydrogen-bond donors (Lipinski definition) is 1. The summed E-state index contributed by atoms with van der Waals surface area (Å²) in [5.74, 6) is 1.17. The van der Waals surface area contributed by atoms with Crippen LogP contribution >= 0.6 is 0 Å². The number of pyridine rings is 1. The molecule has 1 N–H and O–H groups in total. The average molecular weight is 250 g/mol. The Balaban J connectivity index is 1.89. The summed E-state index contributed by atoms with van der Waals surface area (Å²) in [6, 6.07) is 2.88. The van der Waals surface area contributed by atoms with Crippen LogP contribution in [0.2, 0.25) is 0 Å². The summed E-state index contributed by atoms with van der Waals surface area (Å²) in [5, 5.41) is 13.8. The third kappa shape index (κ3) is 3.40. The van der Waals surface area contributed by atoms with Gasteiger partial charge in [0, 0.05) is 25.4 Å². The van der Waals surface area contributed by atoms with E-state index >= 15 is 0 Å². The van der Waals surface area contributed by atoms with Crippen LogP contribution in [0.1, 0.15) is 12.8 Å². The van der Waals surface area contributed by atoms with Crippen LogP contribution in [0.25, 0.3) is 0 Å². The van der Waals surface area contributed by atoms with Crippen molar-refractivity contribution in [2.24, 2.45) is 5.92 Å². The van der Waals surface area contributed by atoms with Gasteiger partial charge in [-0.1, -0.05) is 0 Å². The lowest BCUT2D eigenvalue weighted by Crippen LogP contribution is -2.35. The average Bonchev–Trinajstić information content (AvgIpc) is 2.37. The summed E-state index contributed by atoms with van der Waals surface area (Å²) in [7, 11) is 2.12. The van der Waals surface area contributed by atoms with Crippen molar-refractivity contribution >= 4 is 11.5 Å². The van der Waals surface area contributed by atoms with Crippen molar-refractivity contribution < 1.29 is 4.92 Å². The van der Waals surface area contributed by atoms with Crippen molar-refractivity contribution in [3.8, 4) is 0 Å². The van der Waals surface area contributed by atoms with Crippen molar-refractivity contribution in [2.45, 2.75) is 12.8 Å². The maximum absolute atomic E-state index is 10.6. The Morgan fingerprint density at radius 1 is 1.67 bits per heavy atom. The molecule has 0 amide bonds. The van der Waals surface area contributed by atoms with E-state index in [-0.39, 0.29) is 5.69 Å². The molecule has 18 heavy (non-hydrogen) atoms. The monoisotopic (exact) mass is 250 g/mol. The Bertz CT molecular complexity index is 424. The molecule has 1 saturated heterocycles. The van der Waals surface area contributed by atoms with Crippen LogP contribution in [-0.4, -0.2) is 41.5 Å². The van der Waals surface area contributed by atoms with E-state index in [2.05, 4.69) is 22.2 Å². The topological polar surface area (TPSA) is 71.3 Å². The lowest BCUT2D eigenvalue weighted by molar-refractivity contribution is -0.384. The van der Waals surface area contributed by atoms with Gasteiger partial charge in [0.1, 0.15) is 5.82 Å². The number of likely N-dealkylation sites (tertiary alicyclic amines) is 1. The molecule has 1 atom stereocenters. The molecule has 0 aromatic carbocycles. The van der Waals surface area contributed by atoms with Gasteiger partial charge in [-0.3, -0.25) is 10.1 Å². The first-order valence-corrected chi connectivity index (χ1v) is 6.18. The third-order valence-electron chi connectivity index (χ3n) is 3.25. The van der Waals surface area contributed by atoms with Crippen LogP contribution in [0.4, 0.5) is 11.5 Å². The molecule has 6 heteroatoms. The number of aromatic nitrogens is 1. The molecule has 0 bridgehead atoms. The van der Waals surface area contributed by atoms with Crippen molar-refractivity contribution in [1.29, 1.82) is 0 Å². The van der Waals surface area contributed by atoms with Gasteiger partial charge in [-0.05, 0) is 32.4 Å². The van der Waals surface area contributed by atoms with Gasteiger partial charge < -0.3 is 10.2 Å². The molecule has 0 saturated carbocycles. The van der Waals surface area contributed by atoms with E-state index in [0.29, 0.717) is 11.7 Å². The van der Waals surface area contributed by atoms with Crippen molar-refractivity contribution in [3.63, 3.8) is 0 Å². The lowest BCUT2D eigenvalue weighted by Gasteiger charge is -2.29. The Kier molecular flexibility index (Phi) is 4.09. The Hall–Kier alpha value is -1.69. The maximum atomic E-state index is 10.6. The third-order valence-corrected chi connectivity index (χ3v) is 3.25. The second kappa shape index (κ2) is 5.77. The smallest absolute Gasteiger partial charge is 0.274 e. The summed E-state index contributed by atoms with van der Waals surface area (Å²) < 4.78 is 0. The Labute approximate surface area is 106 Å². The molecule has 0 aliphatic carbocycles. The van der Waals surface area contributed by atoms with E-state index in [1.165, 1.54) is 31.2 Å². The largest absolute Gasteiger partial charge is 0.370 e. The summed E-state index contributed by atoms with van der Waals surface area (Å²) >= 11 is 0. The molecule has 2 rings (SSSR count). The predicted molar refractivity (Wildman–Crippen MR) is 69.6 cm³/mol. The summed E-state index contributed by atoms with van der Waals surface area (Å²) in [6.07, 6.45) is 3.88. The highest BCUT2D eigenvalue weighted by Gasteiger charge is 2.17. The van der Waals surface area contributed by atoms with E-state index in [4.69, 9.17) is 0 Å². The molecule has 1 aromatic rings. The van der Waals surface area contributed by atoms with E-state index in [1.54, 1.807) is 0 Å². The van der Waals surface area contributed by atoms with E-state index < -0.39 is 4.92 Å². The minimum atomic E-state index is -0.402. The fourth-order valence-corrected chi connectivity index (χ4v) is 2.32. The number of nitrogens with zero attached hydrogens (tertiary/aromatic N) is 3. The highest BCUT2D eigenvalue weighted by atomic mass is 16.6. The van der Waals surface area contributed by atoms with Crippen LogP contribution in [0.15, 0.2) is 18.3 Å². The first-order chi connectivity index (χ1) is 8.65. The first kappa shape index (κ1) is 12.8. The second-order valence-electron chi connectivity index (χ2n) is 4.81. The number of anilines is 1. The van der Waals surface area contributed by atoms with Gasteiger partial charge in [-0.25, -0.2) is 4.98 Å². The number of rotatable bonds is 4. The molecule has 1 aliphatic heterocycles. The van der Waals surface area contributed by atoms with Crippen LogP contribution in [0.5, 0.6) is 0 Å². The molecule has 2 heterocycles. The fourth-order valence-electron chi connectivity index (χ4n) is 2.32. The van der Waals surface area contributed by atoms with Crippen LogP contribution < -0.4 is 5.32 Å². The van der Waals surface area contributed by atoms with Crippen molar-refractivity contribution in [2.75, 3.05) is 32.0 Å². The van der Waals surface area contributed by atoms with E-state index in [0.717, 1.165) is 19.6 Å². The predicted octanol–water partition coefficient (Wildman–Crippen LogP) is 1.74. The van der Waals surface area contributed by atoms with Crippen molar-refractivity contribution in [3.05, 3.63) is 28.4 Å². The fraction of sp³-hybridized carbons (Fsp3) is 0.583. The van der Waals surface area contributed by atoms with Crippen LogP contribution in [0, 0.1) is 16.0 Å². The second-order valence-corrected chi connectivity index (χ2v) is 4.81. The zero-order valence-electron chi connectivity index (χ0n) is 10.5. The molecule has 0 radical (unpaired) electrons. The number of nitro groups is 1. The van der Waals surface area contributed by atoms with Gasteiger partial charge in [0.05, 0.1) is 11.0 Å². The molecule has 6 nitrogen and oxygen atoms in total. The molecular formula is C12H18N4O2. The lowest BCUT2D eigenvalue weighted by atomic mass is 9.98. The van der Waals surface area contributed by atoms with Gasteiger partial charge in [0.2, 0.25) is 0 Å². The number of nitrogens with one attached hydrogen (secondary N) is 1. The van der Waals surface area contributed by atoms with E-state index in [9.17, 15) is 10.1 Å². The van der Waals surface area contributed by atoms with Crippen molar-refractivity contribution in [1.82, 2.24) is 9.88 Å². The molecule has 98 valence electrons. The number of hydrogen-bond acceptors (Lipinski definition) is 5. The molecule has 0 spiro atoms. The molecular weight excluding hydrogens is 232 g/mol. The zero-order valence-corrected chi connectivity index (χ0v) is 10.5. The van der Waals surface area contributed by atoms with Gasteiger partial charge in [0.25, 0.3) is 5.69 Å². The molecule has 1 aromatic heterocycles. The standard InChI is InChI=1S/C12H18N4O2/c1-15-6-2-3-10(9-15)8-14-12-7-11(16(17)18)4-5-13-12/h4-5,7,10H,2-3,6,8-9H2,1H3,(H,13,14). The Morgan fingerprint density at radius 2 is 2.50 bits per heavy atom. The normalized spacial score (nSPS) is 20.6. The highest BCUT2D eigenvalue weighted by molar-refractivity contribution is 5.44. The summed E-state index contributed by atoms with van der Waals surface area (Å²) in [6.45, 7) is 3.05. The van der Waals surface area contributed by atoms with Crippen LogP contribution in [-0.2, 0) is 0 Å². The summed E-state index contributed by atoms with van der Waals surface area (Å²) in [5.41, 5.74) is 0.0771. The first-order valence-electron chi connectivity index (χ1n) is 6.18. The Morgan fingerprint density at radius 3 is 3.22 bits per heavy atom. The SMILES string of the molecule is CN1CCCC(CNc2cc([N+](=O)[O-])ccn2)C1. The number of piperidine rings is 1. The maximum Gasteiger partial charge on any atom is 0.274 e. The van der Waals surface area contributed by atoms with Gasteiger partial charge >= 0.3 is 0 Å². The molecule has 1 unspecified atom stereocenters. The van der Waals surface area contributed by atoms with Gasteiger partial charge in [0.15, 0.2) is 0 Å². The minimum absolute atomic E-state index is 0.0771. The molecule has 1 aliphatic rings. The zero-order chi connectivity index (χ0) is 13.0.